The van der Waals surface area contributed by atoms with Crippen LogP contribution in [0.5, 0.6) is 5.88 Å². The molecular weight excluding hydrogens is 440 g/mol. The van der Waals surface area contributed by atoms with E-state index in [1.165, 1.54) is 0 Å². The highest BCUT2D eigenvalue weighted by Crippen LogP contribution is 2.27. The highest BCUT2D eigenvalue weighted by molar-refractivity contribution is 5.96. The standard InChI is InChI=1S/C26H22N8O/c1-27-26-20-16-28-24-14-19(20)18(15-29-26)9-7-17-8-10-21-22(13-17)34(33-32-21)11-2-3-12-35-25-6-4-5-23(30-24)31-25/h4-6,8,10,13-16H,2-3,11-12H2,1H3,(H,27,29)(H,28,30,31). The van der Waals surface area contributed by atoms with Crippen molar-refractivity contribution in [1.82, 2.24) is 29.9 Å². The van der Waals surface area contributed by atoms with Crippen molar-refractivity contribution in [3.63, 3.8) is 0 Å². The lowest BCUT2D eigenvalue weighted by molar-refractivity contribution is 0.291. The van der Waals surface area contributed by atoms with Gasteiger partial charge >= 0.3 is 0 Å². The van der Waals surface area contributed by atoms with Gasteiger partial charge in [-0.15, -0.1) is 5.10 Å². The Hall–Kier alpha value is -4.71. The summed E-state index contributed by atoms with van der Waals surface area (Å²) in [6.07, 6.45) is 5.35. The lowest BCUT2D eigenvalue weighted by Crippen LogP contribution is -2.05. The highest BCUT2D eigenvalue weighted by Gasteiger charge is 2.10. The summed E-state index contributed by atoms with van der Waals surface area (Å²) < 4.78 is 7.81. The van der Waals surface area contributed by atoms with Gasteiger partial charge in [0.2, 0.25) is 5.88 Å². The lowest BCUT2D eigenvalue weighted by Gasteiger charge is -2.11. The van der Waals surface area contributed by atoms with Crippen molar-refractivity contribution in [2.75, 3.05) is 24.3 Å². The molecule has 1 aliphatic heterocycles. The van der Waals surface area contributed by atoms with Gasteiger partial charge in [0.25, 0.3) is 0 Å². The molecule has 1 aromatic carbocycles. The number of aromatic nitrogens is 6. The number of nitrogens with one attached hydrogen (secondary N) is 2. The summed E-state index contributed by atoms with van der Waals surface area (Å²) in [5, 5.41) is 16.9. The van der Waals surface area contributed by atoms with Crippen molar-refractivity contribution < 1.29 is 4.74 Å². The van der Waals surface area contributed by atoms with Gasteiger partial charge in [0, 0.05) is 48.4 Å². The number of hydrogen-bond acceptors (Lipinski definition) is 8. The minimum atomic E-state index is 0.567. The van der Waals surface area contributed by atoms with Gasteiger partial charge in [-0.2, -0.15) is 4.98 Å². The molecule has 9 heteroatoms. The average Bonchev–Trinajstić information content (AvgIpc) is 3.29. The van der Waals surface area contributed by atoms with Gasteiger partial charge in [-0.05, 0) is 43.2 Å². The summed E-state index contributed by atoms with van der Waals surface area (Å²) >= 11 is 0. The number of benzene rings is 1. The Morgan fingerprint density at radius 1 is 1.00 bits per heavy atom. The molecule has 0 fully saturated rings. The van der Waals surface area contributed by atoms with Gasteiger partial charge in [0.15, 0.2) is 0 Å². The molecule has 0 radical (unpaired) electrons. The summed E-state index contributed by atoms with van der Waals surface area (Å²) in [7, 11) is 1.84. The molecule has 0 unspecified atom stereocenters. The fraction of sp³-hybridized carbons (Fsp3) is 0.192. The molecule has 9 nitrogen and oxygen atoms in total. The van der Waals surface area contributed by atoms with Crippen LogP contribution in [0.1, 0.15) is 24.0 Å². The minimum absolute atomic E-state index is 0.567. The zero-order chi connectivity index (χ0) is 23.6. The summed E-state index contributed by atoms with van der Waals surface area (Å²) in [5.41, 5.74) is 3.51. The predicted octanol–water partition coefficient (Wildman–Crippen LogP) is 4.13. The van der Waals surface area contributed by atoms with Crippen LogP contribution in [-0.2, 0) is 6.54 Å². The number of aryl methyl sites for hydroxylation is 1. The number of ether oxygens (including phenoxy) is 1. The Bertz CT molecular complexity index is 1610. The first kappa shape index (κ1) is 20.9. The molecule has 0 saturated heterocycles. The van der Waals surface area contributed by atoms with E-state index in [-0.39, 0.29) is 0 Å². The van der Waals surface area contributed by atoms with E-state index in [0.29, 0.717) is 24.1 Å². The smallest absolute Gasteiger partial charge is 0.215 e. The number of hydrogen-bond donors (Lipinski definition) is 2. The monoisotopic (exact) mass is 462 g/mol. The Morgan fingerprint density at radius 2 is 1.97 bits per heavy atom. The molecule has 0 saturated carbocycles. The van der Waals surface area contributed by atoms with Gasteiger partial charge in [0.1, 0.15) is 23.0 Å². The largest absolute Gasteiger partial charge is 0.478 e. The molecule has 172 valence electrons. The van der Waals surface area contributed by atoms with E-state index in [4.69, 9.17) is 4.74 Å². The number of pyridine rings is 3. The first-order valence-corrected chi connectivity index (χ1v) is 11.5. The Kier molecular flexibility index (Phi) is 5.31. The fourth-order valence-electron chi connectivity index (χ4n) is 4.09. The Labute approximate surface area is 201 Å². The molecule has 6 rings (SSSR count). The first-order chi connectivity index (χ1) is 17.3. The third-order valence-electron chi connectivity index (χ3n) is 5.86. The Morgan fingerprint density at radius 3 is 2.91 bits per heavy atom. The molecule has 35 heavy (non-hydrogen) atoms. The normalized spacial score (nSPS) is 13.3. The van der Waals surface area contributed by atoms with Crippen molar-refractivity contribution in [3.8, 4) is 17.7 Å². The average molecular weight is 463 g/mol. The molecule has 4 aromatic heterocycles. The zero-order valence-corrected chi connectivity index (χ0v) is 19.1. The molecular formula is C26H22N8O. The van der Waals surface area contributed by atoms with Gasteiger partial charge in [0.05, 0.1) is 17.7 Å². The third kappa shape index (κ3) is 4.17. The second-order valence-electron chi connectivity index (χ2n) is 8.19. The second kappa shape index (κ2) is 8.91. The van der Waals surface area contributed by atoms with E-state index >= 15 is 0 Å². The maximum atomic E-state index is 5.89. The number of fused-ring (bicyclic) bond motifs is 4. The van der Waals surface area contributed by atoms with Crippen molar-refractivity contribution >= 4 is 39.3 Å². The second-order valence-corrected chi connectivity index (χ2v) is 8.19. The van der Waals surface area contributed by atoms with Gasteiger partial charge < -0.3 is 15.4 Å². The van der Waals surface area contributed by atoms with Crippen LogP contribution in [0.25, 0.3) is 21.8 Å². The van der Waals surface area contributed by atoms with E-state index in [2.05, 4.69) is 47.7 Å². The molecule has 2 N–H and O–H groups in total. The van der Waals surface area contributed by atoms with E-state index in [1.54, 1.807) is 12.4 Å². The minimum Gasteiger partial charge on any atom is -0.478 e. The predicted molar refractivity (Wildman–Crippen MR) is 135 cm³/mol. The van der Waals surface area contributed by atoms with Crippen LogP contribution >= 0.6 is 0 Å². The van der Waals surface area contributed by atoms with Gasteiger partial charge in [-0.1, -0.05) is 23.1 Å². The molecule has 0 atom stereocenters. The first-order valence-electron chi connectivity index (χ1n) is 11.5. The molecule has 5 heterocycles. The summed E-state index contributed by atoms with van der Waals surface area (Å²) in [6, 6.07) is 13.6. The lowest BCUT2D eigenvalue weighted by atomic mass is 10.1. The number of rotatable bonds is 1. The summed E-state index contributed by atoms with van der Waals surface area (Å²) in [4.78, 5) is 13.7. The topological polar surface area (TPSA) is 103 Å². The van der Waals surface area contributed by atoms with Crippen molar-refractivity contribution in [3.05, 3.63) is 66.0 Å². The van der Waals surface area contributed by atoms with Crippen LogP contribution in [-0.4, -0.2) is 43.6 Å². The zero-order valence-electron chi connectivity index (χ0n) is 19.1. The number of anilines is 3. The van der Waals surface area contributed by atoms with Crippen LogP contribution in [0.4, 0.5) is 17.5 Å². The SMILES string of the molecule is CNc1ncc2c3cc(ncc13)Nc1cccc(n1)OCCCCn1nnc3ccc(cc31)C#C2. The van der Waals surface area contributed by atoms with Crippen molar-refractivity contribution in [1.29, 1.82) is 0 Å². The molecule has 0 spiro atoms. The van der Waals surface area contributed by atoms with E-state index in [9.17, 15) is 0 Å². The van der Waals surface area contributed by atoms with Gasteiger partial charge in [-0.25, -0.2) is 14.6 Å². The van der Waals surface area contributed by atoms with Crippen LogP contribution in [0, 0.1) is 11.8 Å². The third-order valence-corrected chi connectivity index (χ3v) is 5.86. The van der Waals surface area contributed by atoms with E-state index in [1.807, 2.05) is 54.2 Å². The van der Waals surface area contributed by atoms with Crippen molar-refractivity contribution in [2.24, 2.45) is 0 Å². The highest BCUT2D eigenvalue weighted by atomic mass is 16.5. The number of nitrogens with zero attached hydrogens (tertiary/aromatic N) is 6. The quantitative estimate of drug-likeness (QED) is 0.359. The molecule has 0 amide bonds. The Balaban J connectivity index is 1.49. The van der Waals surface area contributed by atoms with Crippen LogP contribution in [0.2, 0.25) is 0 Å². The van der Waals surface area contributed by atoms with Gasteiger partial charge in [-0.3, -0.25) is 0 Å². The maximum absolute atomic E-state index is 5.89. The summed E-state index contributed by atoms with van der Waals surface area (Å²) in [6.45, 7) is 1.32. The van der Waals surface area contributed by atoms with E-state index < -0.39 is 0 Å². The molecule has 0 aliphatic carbocycles. The summed E-state index contributed by atoms with van der Waals surface area (Å²) in [5.74, 6) is 9.22. The van der Waals surface area contributed by atoms with E-state index in [0.717, 1.165) is 58.1 Å². The van der Waals surface area contributed by atoms with Crippen LogP contribution < -0.4 is 15.4 Å². The molecule has 6 bridgehead atoms. The molecule has 1 aliphatic rings. The van der Waals surface area contributed by atoms with Crippen molar-refractivity contribution in [2.45, 2.75) is 19.4 Å². The fourth-order valence-corrected chi connectivity index (χ4v) is 4.09. The van der Waals surface area contributed by atoms with Crippen LogP contribution in [0.15, 0.2) is 54.9 Å². The van der Waals surface area contributed by atoms with Crippen LogP contribution in [0.3, 0.4) is 0 Å². The maximum Gasteiger partial charge on any atom is 0.215 e. The molecule has 5 aromatic rings.